The highest BCUT2D eigenvalue weighted by Gasteiger charge is 2.04. The molecule has 0 aliphatic heterocycles. The number of rotatable bonds is 5. The third kappa shape index (κ3) is 3.31. The van der Waals surface area contributed by atoms with Crippen molar-refractivity contribution in [3.05, 3.63) is 46.3 Å². The monoisotopic (exact) mass is 296 g/mol. The number of ether oxygens (including phenoxy) is 1. The molecule has 0 saturated heterocycles. The first-order valence-electron chi connectivity index (χ1n) is 5.30. The van der Waals surface area contributed by atoms with Crippen LogP contribution in [0.5, 0.6) is 5.75 Å². The Kier molecular flexibility index (Phi) is 4.17. The Morgan fingerprint density at radius 2 is 2.24 bits per heavy atom. The lowest BCUT2D eigenvalue weighted by molar-refractivity contribution is 0.248. The fraction of sp³-hybridized carbons (Fsp3) is 0.250. The maximum Gasteiger partial charge on any atom is 0.174 e. The number of benzene rings is 1. The maximum atomic E-state index is 5.60. The lowest BCUT2D eigenvalue weighted by Crippen LogP contribution is -2.03. The molecule has 0 radical (unpaired) electrons. The van der Waals surface area contributed by atoms with Crippen LogP contribution in [0.3, 0.4) is 0 Å². The van der Waals surface area contributed by atoms with Gasteiger partial charge in [0.1, 0.15) is 12.4 Å². The summed E-state index contributed by atoms with van der Waals surface area (Å²) in [5, 5.41) is 3.61. The van der Waals surface area contributed by atoms with Crippen LogP contribution in [0.2, 0.25) is 0 Å². The van der Waals surface area contributed by atoms with Crippen LogP contribution in [0.25, 0.3) is 0 Å². The molecule has 0 aliphatic carbocycles. The van der Waals surface area contributed by atoms with Crippen molar-refractivity contribution in [2.24, 2.45) is 5.73 Å². The van der Waals surface area contributed by atoms with E-state index in [9.17, 15) is 0 Å². The molecule has 0 atom stereocenters. The van der Waals surface area contributed by atoms with Gasteiger partial charge in [-0.1, -0.05) is 11.2 Å². The molecule has 1 aromatic heterocycles. The second-order valence-corrected chi connectivity index (χ2v) is 4.43. The third-order valence-electron chi connectivity index (χ3n) is 2.29. The van der Waals surface area contributed by atoms with Gasteiger partial charge in [-0.25, -0.2) is 0 Å². The minimum Gasteiger partial charge on any atom is -0.484 e. The average molecular weight is 297 g/mol. The van der Waals surface area contributed by atoms with E-state index in [1.165, 1.54) is 5.56 Å². The van der Waals surface area contributed by atoms with Crippen molar-refractivity contribution in [3.63, 3.8) is 0 Å². The highest BCUT2D eigenvalue weighted by Crippen LogP contribution is 2.26. The van der Waals surface area contributed by atoms with Gasteiger partial charge in [0.25, 0.3) is 0 Å². The van der Waals surface area contributed by atoms with Crippen LogP contribution in [-0.4, -0.2) is 11.7 Å². The van der Waals surface area contributed by atoms with Crippen molar-refractivity contribution in [1.82, 2.24) is 5.16 Å². The average Bonchev–Trinajstić information content (AvgIpc) is 2.81. The molecule has 90 valence electrons. The first-order valence-corrected chi connectivity index (χ1v) is 6.10. The summed E-state index contributed by atoms with van der Waals surface area (Å²) in [6, 6.07) is 7.72. The van der Waals surface area contributed by atoms with Crippen LogP contribution in [0.15, 0.2) is 39.5 Å². The molecule has 2 aromatic rings. The van der Waals surface area contributed by atoms with Crippen molar-refractivity contribution < 1.29 is 9.26 Å². The Morgan fingerprint density at radius 3 is 2.88 bits per heavy atom. The van der Waals surface area contributed by atoms with Gasteiger partial charge < -0.3 is 15.0 Å². The second-order valence-electron chi connectivity index (χ2n) is 3.57. The van der Waals surface area contributed by atoms with Gasteiger partial charge in [-0.2, -0.15) is 0 Å². The van der Waals surface area contributed by atoms with Gasteiger partial charge in [-0.05, 0) is 46.6 Å². The summed E-state index contributed by atoms with van der Waals surface area (Å²) in [4.78, 5) is 0. The van der Waals surface area contributed by atoms with E-state index in [1.54, 1.807) is 12.3 Å². The molecule has 0 saturated carbocycles. The van der Waals surface area contributed by atoms with Crippen LogP contribution >= 0.6 is 15.9 Å². The number of halogens is 1. The van der Waals surface area contributed by atoms with Crippen LogP contribution < -0.4 is 10.5 Å². The molecule has 0 aliphatic rings. The first kappa shape index (κ1) is 12.1. The van der Waals surface area contributed by atoms with E-state index in [4.69, 9.17) is 15.0 Å². The zero-order valence-electron chi connectivity index (χ0n) is 9.23. The van der Waals surface area contributed by atoms with E-state index in [0.29, 0.717) is 18.9 Å². The van der Waals surface area contributed by atoms with E-state index in [0.717, 1.165) is 16.6 Å². The topological polar surface area (TPSA) is 61.3 Å². The Bertz CT molecular complexity index is 471. The summed E-state index contributed by atoms with van der Waals surface area (Å²) in [5.41, 5.74) is 6.69. The molecule has 1 aromatic carbocycles. The molecular weight excluding hydrogens is 284 g/mol. The highest BCUT2D eigenvalue weighted by molar-refractivity contribution is 9.10. The number of aromatic nitrogens is 1. The summed E-state index contributed by atoms with van der Waals surface area (Å²) in [6.45, 7) is 1.01. The summed E-state index contributed by atoms with van der Waals surface area (Å²) in [7, 11) is 0. The molecule has 2 N–H and O–H groups in total. The van der Waals surface area contributed by atoms with E-state index < -0.39 is 0 Å². The van der Waals surface area contributed by atoms with Crippen molar-refractivity contribution in [1.29, 1.82) is 0 Å². The van der Waals surface area contributed by atoms with E-state index in [-0.39, 0.29) is 0 Å². The quantitative estimate of drug-likeness (QED) is 0.921. The van der Waals surface area contributed by atoms with Gasteiger partial charge in [0.15, 0.2) is 5.76 Å². The maximum absolute atomic E-state index is 5.60. The fourth-order valence-corrected chi connectivity index (χ4v) is 1.99. The lowest BCUT2D eigenvalue weighted by atomic mass is 10.1. The number of hydrogen-bond donors (Lipinski definition) is 1. The van der Waals surface area contributed by atoms with E-state index in [1.807, 2.05) is 18.2 Å². The Morgan fingerprint density at radius 1 is 1.35 bits per heavy atom. The van der Waals surface area contributed by atoms with Gasteiger partial charge >= 0.3 is 0 Å². The van der Waals surface area contributed by atoms with Crippen LogP contribution in [-0.2, 0) is 13.0 Å². The molecule has 2 rings (SSSR count). The van der Waals surface area contributed by atoms with E-state index in [2.05, 4.69) is 21.1 Å². The summed E-state index contributed by atoms with van der Waals surface area (Å²) < 4.78 is 11.5. The Labute approximate surface area is 108 Å². The van der Waals surface area contributed by atoms with Crippen molar-refractivity contribution in [2.75, 3.05) is 6.54 Å². The van der Waals surface area contributed by atoms with Crippen molar-refractivity contribution >= 4 is 15.9 Å². The molecular formula is C12H13BrN2O2. The second kappa shape index (κ2) is 5.84. The van der Waals surface area contributed by atoms with Crippen molar-refractivity contribution in [2.45, 2.75) is 13.0 Å². The third-order valence-corrected chi connectivity index (χ3v) is 2.91. The smallest absolute Gasteiger partial charge is 0.174 e. The summed E-state index contributed by atoms with van der Waals surface area (Å²) >= 11 is 3.47. The molecule has 0 spiro atoms. The summed E-state index contributed by atoms with van der Waals surface area (Å²) in [6.07, 6.45) is 2.46. The first-order chi connectivity index (χ1) is 8.29. The van der Waals surface area contributed by atoms with Gasteiger partial charge in [-0.15, -0.1) is 0 Å². The highest BCUT2D eigenvalue weighted by atomic mass is 79.9. The van der Waals surface area contributed by atoms with Crippen LogP contribution in [0.4, 0.5) is 0 Å². The molecule has 5 heteroatoms. The normalized spacial score (nSPS) is 10.5. The minimum atomic E-state index is 0.370. The van der Waals surface area contributed by atoms with Gasteiger partial charge in [0.05, 0.1) is 10.7 Å². The minimum absolute atomic E-state index is 0.370. The molecule has 0 amide bonds. The molecule has 17 heavy (non-hydrogen) atoms. The largest absolute Gasteiger partial charge is 0.484 e. The van der Waals surface area contributed by atoms with Crippen molar-refractivity contribution in [3.8, 4) is 5.75 Å². The zero-order valence-corrected chi connectivity index (χ0v) is 10.8. The van der Waals surface area contributed by atoms with Crippen LogP contribution in [0.1, 0.15) is 11.3 Å². The zero-order chi connectivity index (χ0) is 12.1. The number of nitrogens with two attached hydrogens (primary N) is 1. The lowest BCUT2D eigenvalue weighted by Gasteiger charge is -2.08. The van der Waals surface area contributed by atoms with Gasteiger partial charge in [0.2, 0.25) is 0 Å². The van der Waals surface area contributed by atoms with Gasteiger partial charge in [0, 0.05) is 6.07 Å². The summed E-state index contributed by atoms with van der Waals surface area (Å²) in [5.74, 6) is 1.48. The predicted molar refractivity (Wildman–Crippen MR) is 67.7 cm³/mol. The molecule has 4 nitrogen and oxygen atoms in total. The fourth-order valence-electron chi connectivity index (χ4n) is 1.45. The number of nitrogens with zero attached hydrogens (tertiary/aromatic N) is 1. The number of hydrogen-bond acceptors (Lipinski definition) is 4. The molecule has 1 heterocycles. The Hall–Kier alpha value is -1.33. The standard InChI is InChI=1S/C12H13BrN2O2/c13-11-7-9(3-5-14)1-2-12(11)16-8-10-4-6-15-17-10/h1-2,4,6-7H,3,5,8,14H2. The predicted octanol–water partition coefficient (Wildman–Crippen LogP) is 2.52. The SMILES string of the molecule is NCCc1ccc(OCc2ccno2)c(Br)c1. The van der Waals surface area contributed by atoms with Crippen LogP contribution in [0, 0.1) is 0 Å². The molecule has 0 bridgehead atoms. The van der Waals surface area contributed by atoms with E-state index >= 15 is 0 Å². The molecule has 0 unspecified atom stereocenters. The van der Waals surface area contributed by atoms with Gasteiger partial charge in [-0.3, -0.25) is 0 Å². The Balaban J connectivity index is 2.01. The molecule has 0 fully saturated rings.